The molecule has 3 aromatic carbocycles. The molecular weight excluding hydrogens is 445 g/mol. The van der Waals surface area contributed by atoms with Gasteiger partial charge in [-0.3, -0.25) is 0 Å². The predicted molar refractivity (Wildman–Crippen MR) is 146 cm³/mol. The first-order valence-electron chi connectivity index (χ1n) is 13.4. The summed E-state index contributed by atoms with van der Waals surface area (Å²) in [7, 11) is 0. The summed E-state index contributed by atoms with van der Waals surface area (Å²) in [5.74, 6) is 1.70. The van der Waals surface area contributed by atoms with Crippen molar-refractivity contribution in [2.24, 2.45) is 11.7 Å². The van der Waals surface area contributed by atoms with Gasteiger partial charge in [-0.05, 0) is 78.1 Å². The van der Waals surface area contributed by atoms with Crippen LogP contribution < -0.4 is 5.73 Å². The largest absolute Gasteiger partial charge is 0.338 e. The van der Waals surface area contributed by atoms with E-state index in [1.165, 1.54) is 61.8 Å². The Hall–Kier alpha value is -3.24. The van der Waals surface area contributed by atoms with Crippen molar-refractivity contribution in [3.8, 4) is 22.6 Å². The predicted octanol–water partition coefficient (Wildman–Crippen LogP) is 7.90. The van der Waals surface area contributed by atoms with Gasteiger partial charge in [-0.25, -0.2) is 9.37 Å². The van der Waals surface area contributed by atoms with E-state index >= 15 is 0 Å². The number of hydrogen-bond acceptors (Lipinski definition) is 2. The minimum Gasteiger partial charge on any atom is -0.338 e. The number of imidazole rings is 1. The molecular formula is C32H36FN3. The zero-order chi connectivity index (χ0) is 24.7. The smallest absolute Gasteiger partial charge is 0.137 e. The van der Waals surface area contributed by atoms with Gasteiger partial charge in [0, 0.05) is 11.6 Å². The number of aromatic amines is 1. The number of benzene rings is 3. The summed E-state index contributed by atoms with van der Waals surface area (Å²) >= 11 is 0. The van der Waals surface area contributed by atoms with Crippen molar-refractivity contribution in [2.45, 2.75) is 63.3 Å². The molecule has 1 fully saturated rings. The second kappa shape index (κ2) is 11.7. The molecule has 0 radical (unpaired) electrons. The number of nitrogens with two attached hydrogens (primary N) is 1. The SMILES string of the molecule is NC(Cc1cccc(-c2cnc(-c3ccc(F)cc3)[nH]2)c1)C(CCC1CCCCC1)c1ccccc1. The van der Waals surface area contributed by atoms with Gasteiger partial charge in [-0.15, -0.1) is 0 Å². The average molecular weight is 482 g/mol. The van der Waals surface area contributed by atoms with Gasteiger partial charge in [0.05, 0.1) is 11.9 Å². The van der Waals surface area contributed by atoms with Crippen molar-refractivity contribution in [1.29, 1.82) is 0 Å². The van der Waals surface area contributed by atoms with E-state index in [-0.39, 0.29) is 11.9 Å². The van der Waals surface area contributed by atoms with Gasteiger partial charge in [0.25, 0.3) is 0 Å². The van der Waals surface area contributed by atoms with Crippen LogP contribution in [0.25, 0.3) is 22.6 Å². The number of rotatable bonds is 9. The number of hydrogen-bond donors (Lipinski definition) is 2. The van der Waals surface area contributed by atoms with Crippen LogP contribution in [-0.2, 0) is 6.42 Å². The molecule has 2 atom stereocenters. The van der Waals surface area contributed by atoms with Gasteiger partial charge in [0.2, 0.25) is 0 Å². The van der Waals surface area contributed by atoms with Crippen molar-refractivity contribution < 1.29 is 4.39 Å². The number of H-pyrrole nitrogens is 1. The topological polar surface area (TPSA) is 54.7 Å². The van der Waals surface area contributed by atoms with Crippen LogP contribution in [0.3, 0.4) is 0 Å². The maximum atomic E-state index is 13.3. The summed E-state index contributed by atoms with van der Waals surface area (Å²) in [5.41, 5.74) is 12.4. The second-order valence-corrected chi connectivity index (χ2v) is 10.3. The van der Waals surface area contributed by atoms with Gasteiger partial charge in [-0.2, -0.15) is 0 Å². The van der Waals surface area contributed by atoms with Gasteiger partial charge in [-0.1, -0.05) is 80.6 Å². The van der Waals surface area contributed by atoms with Crippen LogP contribution in [0.1, 0.15) is 62.0 Å². The van der Waals surface area contributed by atoms with Crippen molar-refractivity contribution in [2.75, 3.05) is 0 Å². The molecule has 1 aliphatic rings. The van der Waals surface area contributed by atoms with E-state index in [4.69, 9.17) is 5.73 Å². The standard InChI is InChI=1S/C32H36FN3/c33-28-17-15-26(16-18-28)32-35-22-31(36-32)27-13-7-10-24(20-27)21-30(34)29(25-11-5-2-6-12-25)19-14-23-8-3-1-4-9-23/h2,5-7,10-13,15-18,20,22-23,29-30H,1,3-4,8-9,14,19,21,34H2,(H,35,36). The fourth-order valence-electron chi connectivity index (χ4n) is 5.72. The Labute approximate surface area is 214 Å². The first-order chi connectivity index (χ1) is 17.7. The van der Waals surface area contributed by atoms with Crippen LogP contribution in [-0.4, -0.2) is 16.0 Å². The minimum atomic E-state index is -0.248. The first-order valence-corrected chi connectivity index (χ1v) is 13.4. The van der Waals surface area contributed by atoms with Crippen molar-refractivity contribution >= 4 is 0 Å². The summed E-state index contributed by atoms with van der Waals surface area (Å²) < 4.78 is 13.3. The molecule has 2 unspecified atom stereocenters. The van der Waals surface area contributed by atoms with Crippen LogP contribution in [0.15, 0.2) is 85.1 Å². The molecule has 3 nitrogen and oxygen atoms in total. The van der Waals surface area contributed by atoms with E-state index in [0.717, 1.165) is 41.4 Å². The van der Waals surface area contributed by atoms with Crippen LogP contribution in [0, 0.1) is 11.7 Å². The number of nitrogens with zero attached hydrogens (tertiary/aromatic N) is 1. The third kappa shape index (κ3) is 6.11. The van der Waals surface area contributed by atoms with E-state index < -0.39 is 0 Å². The lowest BCUT2D eigenvalue weighted by molar-refractivity contribution is 0.315. The summed E-state index contributed by atoms with van der Waals surface area (Å²) in [6.07, 6.45) is 12.0. The Bertz CT molecular complexity index is 1230. The Morgan fingerprint density at radius 1 is 0.889 bits per heavy atom. The molecule has 5 rings (SSSR count). The molecule has 0 aliphatic heterocycles. The molecule has 0 bridgehead atoms. The quantitative estimate of drug-likeness (QED) is 0.255. The van der Waals surface area contributed by atoms with Gasteiger partial charge >= 0.3 is 0 Å². The van der Waals surface area contributed by atoms with Crippen molar-refractivity contribution in [1.82, 2.24) is 9.97 Å². The highest BCUT2D eigenvalue weighted by atomic mass is 19.1. The summed E-state index contributed by atoms with van der Waals surface area (Å²) in [5, 5.41) is 0. The maximum Gasteiger partial charge on any atom is 0.137 e. The molecule has 36 heavy (non-hydrogen) atoms. The normalized spacial score (nSPS) is 16.1. The molecule has 3 N–H and O–H groups in total. The monoisotopic (exact) mass is 481 g/mol. The highest BCUT2D eigenvalue weighted by Crippen LogP contribution is 2.33. The molecule has 0 amide bonds. The highest BCUT2D eigenvalue weighted by Gasteiger charge is 2.23. The number of nitrogens with one attached hydrogen (secondary N) is 1. The number of aromatic nitrogens is 2. The molecule has 1 aromatic heterocycles. The Morgan fingerprint density at radius 2 is 1.67 bits per heavy atom. The molecule has 186 valence electrons. The van der Waals surface area contributed by atoms with Gasteiger partial charge in [0.1, 0.15) is 11.6 Å². The van der Waals surface area contributed by atoms with Crippen LogP contribution in [0.4, 0.5) is 4.39 Å². The van der Waals surface area contributed by atoms with E-state index in [1.807, 2.05) is 6.20 Å². The fourth-order valence-corrected chi connectivity index (χ4v) is 5.72. The van der Waals surface area contributed by atoms with Crippen molar-refractivity contribution in [3.63, 3.8) is 0 Å². The average Bonchev–Trinajstić information content (AvgIpc) is 3.41. The van der Waals surface area contributed by atoms with E-state index in [2.05, 4.69) is 64.6 Å². The summed E-state index contributed by atoms with van der Waals surface area (Å²) in [4.78, 5) is 7.90. The Balaban J connectivity index is 1.30. The molecule has 0 spiro atoms. The zero-order valence-electron chi connectivity index (χ0n) is 20.9. The maximum absolute atomic E-state index is 13.3. The van der Waals surface area contributed by atoms with Crippen LogP contribution in [0.2, 0.25) is 0 Å². The van der Waals surface area contributed by atoms with Gasteiger partial charge < -0.3 is 10.7 Å². The Kier molecular flexibility index (Phi) is 7.92. The fraction of sp³-hybridized carbons (Fsp3) is 0.344. The lowest BCUT2D eigenvalue weighted by atomic mass is 9.79. The minimum absolute atomic E-state index is 0.0581. The summed E-state index contributed by atoms with van der Waals surface area (Å²) in [6.45, 7) is 0. The van der Waals surface area contributed by atoms with E-state index in [1.54, 1.807) is 12.1 Å². The number of halogens is 1. The molecule has 1 aliphatic carbocycles. The van der Waals surface area contributed by atoms with Gasteiger partial charge in [0.15, 0.2) is 0 Å². The van der Waals surface area contributed by atoms with E-state index in [9.17, 15) is 4.39 Å². The third-order valence-corrected chi connectivity index (χ3v) is 7.76. The highest BCUT2D eigenvalue weighted by molar-refractivity contribution is 5.65. The lowest BCUT2D eigenvalue weighted by Crippen LogP contribution is -2.31. The molecule has 1 saturated carbocycles. The third-order valence-electron chi connectivity index (χ3n) is 7.76. The van der Waals surface area contributed by atoms with Crippen LogP contribution in [0.5, 0.6) is 0 Å². The first kappa shape index (κ1) is 24.5. The zero-order valence-corrected chi connectivity index (χ0v) is 20.9. The van der Waals surface area contributed by atoms with Crippen LogP contribution >= 0.6 is 0 Å². The Morgan fingerprint density at radius 3 is 2.44 bits per heavy atom. The molecule has 4 heteroatoms. The lowest BCUT2D eigenvalue weighted by Gasteiger charge is -2.28. The van der Waals surface area contributed by atoms with Crippen molar-refractivity contribution in [3.05, 3.63) is 102 Å². The molecule has 1 heterocycles. The summed E-state index contributed by atoms with van der Waals surface area (Å²) in [6, 6.07) is 25.8. The molecule has 4 aromatic rings. The second-order valence-electron chi connectivity index (χ2n) is 10.3. The molecule has 0 saturated heterocycles. The van der Waals surface area contributed by atoms with E-state index in [0.29, 0.717) is 5.92 Å².